The second-order valence-corrected chi connectivity index (χ2v) is 7.70. The molecule has 164 valence electrons. The van der Waals surface area contributed by atoms with Gasteiger partial charge in [0.25, 0.3) is 0 Å². The average Bonchev–Trinajstić information content (AvgIpc) is 3.53. The highest BCUT2D eigenvalue weighted by Crippen LogP contribution is 2.40. The van der Waals surface area contributed by atoms with Crippen LogP contribution in [0.15, 0.2) is 36.0 Å². The lowest BCUT2D eigenvalue weighted by atomic mass is 9.93. The molecule has 2 aliphatic rings. The zero-order valence-corrected chi connectivity index (χ0v) is 16.9. The normalized spacial score (nSPS) is 18.8. The van der Waals surface area contributed by atoms with Crippen molar-refractivity contribution in [2.75, 3.05) is 11.9 Å². The number of carbonyl (C=O) groups excluding carboxylic acids is 1. The van der Waals surface area contributed by atoms with Crippen LogP contribution in [0.3, 0.4) is 0 Å². The number of aliphatic hydroxyl groups excluding tert-OH is 2. The van der Waals surface area contributed by atoms with E-state index in [-0.39, 0.29) is 18.1 Å². The van der Waals surface area contributed by atoms with Crippen molar-refractivity contribution in [2.45, 2.75) is 44.6 Å². The van der Waals surface area contributed by atoms with Crippen LogP contribution in [0.1, 0.15) is 43.4 Å². The third-order valence-corrected chi connectivity index (χ3v) is 5.40. The second-order valence-electron chi connectivity index (χ2n) is 7.70. The van der Waals surface area contributed by atoms with Gasteiger partial charge in [0.1, 0.15) is 24.0 Å². The summed E-state index contributed by atoms with van der Waals surface area (Å²) in [5.41, 5.74) is 2.38. The zero-order chi connectivity index (χ0) is 22.1. The summed E-state index contributed by atoms with van der Waals surface area (Å²) in [5.74, 6) is -1.71. The number of nitrogens with zero attached hydrogens (tertiary/aromatic N) is 1. The first-order valence-electron chi connectivity index (χ1n) is 10.0. The SMILES string of the molecule is CC1=C(CC(=O)N[C@@H](CO)c2ccc(F)cc2F)C(O)Nc2ccnc(OC3CC3)c21. The third-order valence-electron chi connectivity index (χ3n) is 5.40. The minimum atomic E-state index is -1.11. The number of amides is 1. The van der Waals surface area contributed by atoms with E-state index in [1.165, 1.54) is 6.07 Å². The van der Waals surface area contributed by atoms with Crippen LogP contribution in [0, 0.1) is 11.6 Å². The van der Waals surface area contributed by atoms with Gasteiger partial charge in [-0.1, -0.05) is 6.07 Å². The molecule has 0 saturated heterocycles. The Morgan fingerprint density at radius 1 is 1.35 bits per heavy atom. The summed E-state index contributed by atoms with van der Waals surface area (Å²) in [6, 6.07) is 3.59. The highest BCUT2D eigenvalue weighted by molar-refractivity contribution is 5.88. The summed E-state index contributed by atoms with van der Waals surface area (Å²) >= 11 is 0. The predicted octanol–water partition coefficient (Wildman–Crippen LogP) is 2.66. The molecule has 0 radical (unpaired) electrons. The predicted molar refractivity (Wildman–Crippen MR) is 109 cm³/mol. The van der Waals surface area contributed by atoms with Crippen LogP contribution in [0.2, 0.25) is 0 Å². The van der Waals surface area contributed by atoms with Gasteiger partial charge in [-0.3, -0.25) is 4.79 Å². The number of halogens is 2. The number of carbonyl (C=O) groups is 1. The van der Waals surface area contributed by atoms with Crippen LogP contribution in [0.5, 0.6) is 5.88 Å². The Morgan fingerprint density at radius 2 is 2.13 bits per heavy atom. The van der Waals surface area contributed by atoms with Gasteiger partial charge in [-0.25, -0.2) is 13.8 Å². The number of benzene rings is 1. The number of nitrogens with one attached hydrogen (secondary N) is 2. The first-order valence-corrected chi connectivity index (χ1v) is 10.0. The number of hydrogen-bond donors (Lipinski definition) is 4. The number of pyridine rings is 1. The number of ether oxygens (including phenoxy) is 1. The Labute approximate surface area is 177 Å². The number of rotatable bonds is 7. The summed E-state index contributed by atoms with van der Waals surface area (Å²) in [6.07, 6.45) is 2.33. The molecular formula is C22H23F2N3O4. The maximum Gasteiger partial charge on any atom is 0.224 e. The minimum Gasteiger partial charge on any atom is -0.474 e. The summed E-state index contributed by atoms with van der Waals surface area (Å²) in [7, 11) is 0. The highest BCUT2D eigenvalue weighted by Gasteiger charge is 2.31. The molecule has 2 atom stereocenters. The van der Waals surface area contributed by atoms with Gasteiger partial charge in [-0.05, 0) is 43.0 Å². The van der Waals surface area contributed by atoms with Crippen LogP contribution in [0.4, 0.5) is 14.5 Å². The van der Waals surface area contributed by atoms with E-state index in [4.69, 9.17) is 4.74 Å². The van der Waals surface area contributed by atoms with Gasteiger partial charge in [0, 0.05) is 17.8 Å². The molecule has 1 saturated carbocycles. The smallest absolute Gasteiger partial charge is 0.224 e. The summed E-state index contributed by atoms with van der Waals surface area (Å²) in [5, 5.41) is 25.6. The lowest BCUT2D eigenvalue weighted by molar-refractivity contribution is -0.121. The summed E-state index contributed by atoms with van der Waals surface area (Å²) < 4.78 is 33.1. The fraction of sp³-hybridized carbons (Fsp3) is 0.364. The molecule has 1 aliphatic heterocycles. The first kappa shape index (κ1) is 21.2. The second kappa shape index (κ2) is 8.60. The molecule has 0 bridgehead atoms. The van der Waals surface area contributed by atoms with Gasteiger partial charge in [-0.15, -0.1) is 0 Å². The lowest BCUT2D eigenvalue weighted by Gasteiger charge is -2.29. The van der Waals surface area contributed by atoms with Gasteiger partial charge >= 0.3 is 0 Å². The van der Waals surface area contributed by atoms with Crippen molar-refractivity contribution in [3.8, 4) is 5.88 Å². The van der Waals surface area contributed by atoms with E-state index in [1.807, 2.05) is 0 Å². The van der Waals surface area contributed by atoms with Gasteiger partial charge < -0.3 is 25.6 Å². The van der Waals surface area contributed by atoms with Crippen molar-refractivity contribution in [3.05, 3.63) is 58.8 Å². The van der Waals surface area contributed by atoms with Crippen molar-refractivity contribution in [2.24, 2.45) is 0 Å². The number of fused-ring (bicyclic) bond motifs is 1. The Balaban J connectivity index is 1.55. The molecular weight excluding hydrogens is 408 g/mol. The maximum atomic E-state index is 14.1. The van der Waals surface area contributed by atoms with Gasteiger partial charge in [0.05, 0.1) is 30.3 Å². The Morgan fingerprint density at radius 3 is 2.81 bits per heavy atom. The fourth-order valence-corrected chi connectivity index (χ4v) is 3.61. The molecule has 1 aliphatic carbocycles. The number of anilines is 1. The standard InChI is InChI=1S/C22H23F2N3O4/c1-11-15(9-19(29)26-18(10-28)14-5-2-12(23)8-16(14)24)21(30)27-17-6-7-25-22(20(11)17)31-13-3-4-13/h2,5-8,13,18,21,27-28,30H,3-4,9-10H2,1H3,(H,26,29)/t18-,21?/m0/s1. The molecule has 2 aromatic rings. The van der Waals surface area contributed by atoms with E-state index in [0.29, 0.717) is 34.3 Å². The van der Waals surface area contributed by atoms with Crippen LogP contribution < -0.4 is 15.4 Å². The largest absolute Gasteiger partial charge is 0.474 e. The molecule has 4 N–H and O–H groups in total. The number of allylic oxidation sites excluding steroid dienone is 1. The van der Waals surface area contributed by atoms with Crippen molar-refractivity contribution in [1.29, 1.82) is 0 Å². The van der Waals surface area contributed by atoms with E-state index in [2.05, 4.69) is 15.6 Å². The van der Waals surface area contributed by atoms with Crippen molar-refractivity contribution in [1.82, 2.24) is 10.3 Å². The molecule has 1 unspecified atom stereocenters. The first-order chi connectivity index (χ1) is 14.9. The van der Waals surface area contributed by atoms with E-state index in [0.717, 1.165) is 18.9 Å². The number of aromatic nitrogens is 1. The lowest BCUT2D eigenvalue weighted by Crippen LogP contribution is -2.35. The molecule has 1 aromatic heterocycles. The van der Waals surface area contributed by atoms with Crippen LogP contribution in [-0.2, 0) is 4.79 Å². The molecule has 9 heteroatoms. The third kappa shape index (κ3) is 4.52. The van der Waals surface area contributed by atoms with Gasteiger partial charge in [-0.2, -0.15) is 0 Å². The van der Waals surface area contributed by atoms with Crippen molar-refractivity contribution in [3.63, 3.8) is 0 Å². The monoisotopic (exact) mass is 431 g/mol. The average molecular weight is 431 g/mol. The molecule has 1 amide bonds. The fourth-order valence-electron chi connectivity index (χ4n) is 3.61. The van der Waals surface area contributed by atoms with E-state index < -0.39 is 36.4 Å². The summed E-state index contributed by atoms with van der Waals surface area (Å²) in [6.45, 7) is 1.20. The van der Waals surface area contributed by atoms with Crippen LogP contribution in [-0.4, -0.2) is 40.0 Å². The van der Waals surface area contributed by atoms with Gasteiger partial charge in [0.15, 0.2) is 0 Å². The highest BCUT2D eigenvalue weighted by atomic mass is 19.1. The number of aliphatic hydroxyl groups is 2. The van der Waals surface area contributed by atoms with Gasteiger partial charge in [0.2, 0.25) is 11.8 Å². The topological polar surface area (TPSA) is 104 Å². The molecule has 2 heterocycles. The Kier molecular flexibility index (Phi) is 5.88. The van der Waals surface area contributed by atoms with E-state index in [1.54, 1.807) is 19.2 Å². The zero-order valence-electron chi connectivity index (χ0n) is 16.9. The van der Waals surface area contributed by atoms with Crippen molar-refractivity contribution < 1.29 is 28.5 Å². The quantitative estimate of drug-likeness (QED) is 0.538. The van der Waals surface area contributed by atoms with Crippen LogP contribution >= 0.6 is 0 Å². The van der Waals surface area contributed by atoms with E-state index in [9.17, 15) is 23.8 Å². The molecule has 7 nitrogen and oxygen atoms in total. The molecule has 31 heavy (non-hydrogen) atoms. The Hall–Kier alpha value is -3.04. The Bertz CT molecular complexity index is 1040. The molecule has 4 rings (SSSR count). The maximum absolute atomic E-state index is 14.1. The molecule has 0 spiro atoms. The molecule has 1 aromatic carbocycles. The number of hydrogen-bond acceptors (Lipinski definition) is 6. The molecule has 1 fully saturated rings. The minimum absolute atomic E-state index is 0.0278. The van der Waals surface area contributed by atoms with Crippen LogP contribution in [0.25, 0.3) is 5.57 Å². The van der Waals surface area contributed by atoms with E-state index >= 15 is 0 Å². The summed E-state index contributed by atoms with van der Waals surface area (Å²) in [4.78, 5) is 17.0. The van der Waals surface area contributed by atoms with Crippen molar-refractivity contribution >= 4 is 17.2 Å².